The number of hydrogen-bond acceptors (Lipinski definition) is 3. The zero-order chi connectivity index (χ0) is 48.3. The molecule has 2 aromatic heterocycles. The van der Waals surface area contributed by atoms with Crippen LogP contribution in [0.15, 0.2) is 170 Å². The fourth-order valence-electron chi connectivity index (χ4n) is 8.28. The number of aromatic nitrogens is 3. The van der Waals surface area contributed by atoms with Crippen LogP contribution in [0.1, 0.15) is 72.0 Å². The number of aromatic hydroxyl groups is 1. The summed E-state index contributed by atoms with van der Waals surface area (Å²) in [6.07, 6.45) is 1.77. The molecule has 306 valence electrons. The van der Waals surface area contributed by atoms with E-state index in [0.29, 0.717) is 28.2 Å². The zero-order valence-corrected chi connectivity index (χ0v) is 36.0. The average Bonchev–Trinajstić information content (AvgIpc) is 3.70. The lowest BCUT2D eigenvalue weighted by atomic mass is 9.79. The Hall–Kier alpha value is -7.04. The van der Waals surface area contributed by atoms with E-state index < -0.39 is 19.1 Å². The molecule has 0 spiro atoms. The number of phenolic OH excluding ortho intramolecular Hbond substituents is 1. The first kappa shape index (κ1) is 33.7. The van der Waals surface area contributed by atoms with Crippen LogP contribution in [0.2, 0.25) is 0 Å². The van der Waals surface area contributed by atoms with Gasteiger partial charge in [-0.1, -0.05) is 156 Å². The summed E-state index contributed by atoms with van der Waals surface area (Å²) >= 11 is 0. The number of nitrogens with zero attached hydrogens (tertiary/aromatic N) is 3. The standard InChI is InChI=1S/C58H53N3O/c1-37-22-24-40(25-23-37)42-28-29-59-52(34-42)45-32-43(39-16-11-9-12-17-39)31-44(33-45)49-20-15-21-53-54(49)60-56(50-35-46(57(3,4)5)36-51(55(50)62)58(6,7)8)61(53)47-26-27-48(38(2)30-47)41-18-13-10-14-19-41/h9-36,62H,1-8H3/i1D3,2D3. The number of benzene rings is 7. The van der Waals surface area contributed by atoms with Crippen molar-refractivity contribution in [3.05, 3.63) is 192 Å². The molecule has 0 fully saturated rings. The summed E-state index contributed by atoms with van der Waals surface area (Å²) in [7, 11) is 0. The summed E-state index contributed by atoms with van der Waals surface area (Å²) < 4.78 is 51.8. The van der Waals surface area contributed by atoms with E-state index in [1.165, 1.54) is 0 Å². The van der Waals surface area contributed by atoms with Crippen molar-refractivity contribution in [2.75, 3.05) is 0 Å². The lowest BCUT2D eigenvalue weighted by Crippen LogP contribution is -2.17. The van der Waals surface area contributed by atoms with Crippen molar-refractivity contribution in [2.45, 2.75) is 66.1 Å². The second-order valence-electron chi connectivity index (χ2n) is 18.1. The van der Waals surface area contributed by atoms with Crippen LogP contribution in [-0.2, 0) is 10.8 Å². The summed E-state index contributed by atoms with van der Waals surface area (Å²) in [5.74, 6) is 0.594. The predicted molar refractivity (Wildman–Crippen MR) is 260 cm³/mol. The Balaban J connectivity index is 1.31. The number of para-hydroxylation sites is 1. The Morgan fingerprint density at radius 2 is 1.21 bits per heavy atom. The van der Waals surface area contributed by atoms with Crippen LogP contribution in [0, 0.1) is 13.7 Å². The predicted octanol–water partition coefficient (Wildman–Crippen LogP) is 15.3. The molecule has 0 saturated carbocycles. The maximum Gasteiger partial charge on any atom is 0.149 e. The number of imidazole rings is 1. The van der Waals surface area contributed by atoms with E-state index in [0.717, 1.165) is 66.8 Å². The van der Waals surface area contributed by atoms with Gasteiger partial charge in [0.2, 0.25) is 0 Å². The molecule has 0 saturated heterocycles. The van der Waals surface area contributed by atoms with Crippen LogP contribution in [0.25, 0.3) is 83.9 Å². The largest absolute Gasteiger partial charge is 0.507 e. The summed E-state index contributed by atoms with van der Waals surface area (Å²) in [6.45, 7) is 8.07. The van der Waals surface area contributed by atoms with Crippen LogP contribution in [0.4, 0.5) is 0 Å². The Morgan fingerprint density at radius 1 is 0.516 bits per heavy atom. The highest BCUT2D eigenvalue weighted by atomic mass is 16.3. The topological polar surface area (TPSA) is 50.9 Å². The van der Waals surface area contributed by atoms with Crippen LogP contribution < -0.4 is 0 Å². The molecule has 0 radical (unpaired) electrons. The molecule has 7 aromatic carbocycles. The van der Waals surface area contributed by atoms with Crippen molar-refractivity contribution in [1.82, 2.24) is 14.5 Å². The quantitative estimate of drug-likeness (QED) is 0.174. The molecule has 1 N–H and O–H groups in total. The summed E-state index contributed by atoms with van der Waals surface area (Å²) in [5, 5.41) is 12.4. The SMILES string of the molecule is [2H]C([2H])([2H])c1ccc(-c2ccnc(-c3cc(-c4ccccc4)cc(-c4cccc5c4nc(-c4cc(C(C)(C)C)cc(C(C)(C)C)c4O)n5-c4ccc(-c5ccccc5)c(C([2H])([2H])[2H])c4)c3)c2)cc1. The van der Waals surface area contributed by atoms with Gasteiger partial charge in [-0.25, -0.2) is 4.98 Å². The maximum atomic E-state index is 12.4. The third-order valence-corrected chi connectivity index (χ3v) is 11.7. The second kappa shape index (κ2) is 15.8. The number of fused-ring (bicyclic) bond motifs is 1. The molecule has 9 rings (SSSR count). The minimum atomic E-state index is -2.45. The minimum Gasteiger partial charge on any atom is -0.507 e. The van der Waals surface area contributed by atoms with Crippen LogP contribution in [0.5, 0.6) is 5.75 Å². The number of aryl methyl sites for hydroxylation is 2. The van der Waals surface area contributed by atoms with Gasteiger partial charge in [0.1, 0.15) is 11.6 Å². The highest BCUT2D eigenvalue weighted by Gasteiger charge is 2.29. The van der Waals surface area contributed by atoms with Gasteiger partial charge in [0.15, 0.2) is 0 Å². The number of phenols is 1. The van der Waals surface area contributed by atoms with Crippen molar-refractivity contribution in [2.24, 2.45) is 0 Å². The molecule has 0 bridgehead atoms. The lowest BCUT2D eigenvalue weighted by molar-refractivity contribution is 0.446. The molecule has 4 nitrogen and oxygen atoms in total. The Kier molecular flexibility index (Phi) is 8.56. The second-order valence-corrected chi connectivity index (χ2v) is 18.1. The minimum absolute atomic E-state index is 0.118. The highest BCUT2D eigenvalue weighted by Crippen LogP contribution is 2.45. The highest BCUT2D eigenvalue weighted by molar-refractivity contribution is 5.98. The van der Waals surface area contributed by atoms with E-state index in [1.807, 2.05) is 114 Å². The molecule has 4 heteroatoms. The van der Waals surface area contributed by atoms with Crippen molar-refractivity contribution >= 4 is 11.0 Å². The van der Waals surface area contributed by atoms with Crippen molar-refractivity contribution in [1.29, 1.82) is 0 Å². The van der Waals surface area contributed by atoms with Gasteiger partial charge in [-0.15, -0.1) is 0 Å². The summed E-state index contributed by atoms with van der Waals surface area (Å²) in [6, 6.07) is 52.7. The molecule has 0 aliphatic rings. The van der Waals surface area contributed by atoms with Gasteiger partial charge < -0.3 is 5.11 Å². The van der Waals surface area contributed by atoms with Crippen LogP contribution in [0.3, 0.4) is 0 Å². The van der Waals surface area contributed by atoms with E-state index in [-0.39, 0.29) is 22.3 Å². The molecule has 0 unspecified atom stereocenters. The monoisotopic (exact) mass is 813 g/mol. The van der Waals surface area contributed by atoms with E-state index in [1.54, 1.807) is 24.4 Å². The van der Waals surface area contributed by atoms with Crippen molar-refractivity contribution < 1.29 is 13.3 Å². The Labute approximate surface area is 374 Å². The smallest absolute Gasteiger partial charge is 0.149 e. The number of rotatable bonds is 7. The molecule has 2 heterocycles. The fourth-order valence-corrected chi connectivity index (χ4v) is 8.28. The van der Waals surface area contributed by atoms with Gasteiger partial charge in [0.25, 0.3) is 0 Å². The summed E-state index contributed by atoms with van der Waals surface area (Å²) in [5.41, 5.74) is 12.6. The molecule has 9 aromatic rings. The molecule has 0 amide bonds. The average molecular weight is 814 g/mol. The molecular formula is C58H53N3O. The number of hydrogen-bond donors (Lipinski definition) is 1. The third-order valence-electron chi connectivity index (χ3n) is 11.7. The number of pyridine rings is 1. The van der Waals surface area contributed by atoms with Crippen LogP contribution in [-0.4, -0.2) is 19.6 Å². The summed E-state index contributed by atoms with van der Waals surface area (Å²) in [4.78, 5) is 10.4. The van der Waals surface area contributed by atoms with Crippen molar-refractivity contribution in [3.8, 4) is 78.6 Å². The zero-order valence-electron chi connectivity index (χ0n) is 42.0. The first-order valence-corrected chi connectivity index (χ1v) is 21.0. The van der Waals surface area contributed by atoms with E-state index >= 15 is 0 Å². The third kappa shape index (κ3) is 7.74. The molecule has 0 atom stereocenters. The van der Waals surface area contributed by atoms with Gasteiger partial charge in [0, 0.05) is 36.8 Å². The van der Waals surface area contributed by atoms with E-state index in [2.05, 4.69) is 77.9 Å². The normalized spacial score (nSPS) is 13.8. The maximum absolute atomic E-state index is 12.4. The van der Waals surface area contributed by atoms with Crippen LogP contribution >= 0.6 is 0 Å². The van der Waals surface area contributed by atoms with Gasteiger partial charge in [-0.2, -0.15) is 0 Å². The van der Waals surface area contributed by atoms with E-state index in [4.69, 9.17) is 18.2 Å². The molecule has 0 aliphatic carbocycles. The fraction of sp³-hybridized carbons (Fsp3) is 0.172. The first-order chi connectivity index (χ1) is 32.1. The Morgan fingerprint density at radius 3 is 1.90 bits per heavy atom. The first-order valence-electron chi connectivity index (χ1n) is 24.0. The van der Waals surface area contributed by atoms with Gasteiger partial charge in [-0.05, 0) is 129 Å². The van der Waals surface area contributed by atoms with Gasteiger partial charge >= 0.3 is 0 Å². The lowest BCUT2D eigenvalue weighted by Gasteiger charge is -2.27. The van der Waals surface area contributed by atoms with Gasteiger partial charge in [-0.3, -0.25) is 9.55 Å². The van der Waals surface area contributed by atoms with Crippen molar-refractivity contribution in [3.63, 3.8) is 0 Å². The van der Waals surface area contributed by atoms with Gasteiger partial charge in [0.05, 0.1) is 22.3 Å². The molecule has 0 aliphatic heterocycles. The Bertz CT molecular complexity index is 3320. The molecule has 62 heavy (non-hydrogen) atoms. The van der Waals surface area contributed by atoms with E-state index in [9.17, 15) is 5.11 Å². The molecular weight excluding hydrogens is 755 g/mol.